The Bertz CT molecular complexity index is 1120. The molecule has 32 heavy (non-hydrogen) atoms. The molecule has 1 aliphatic heterocycles. The molecule has 168 valence electrons. The van der Waals surface area contributed by atoms with Crippen molar-refractivity contribution < 1.29 is 14.1 Å². The van der Waals surface area contributed by atoms with Crippen LogP contribution < -0.4 is 15.8 Å². The molecule has 0 spiro atoms. The summed E-state index contributed by atoms with van der Waals surface area (Å²) in [5.41, 5.74) is 2.37. The third-order valence-electron chi connectivity index (χ3n) is 5.51. The normalized spacial score (nSPS) is 14.9. The molecule has 3 heterocycles. The van der Waals surface area contributed by atoms with Crippen LogP contribution in [0.5, 0.6) is 0 Å². The number of aromatic nitrogens is 3. The number of anilines is 1. The second-order valence-electron chi connectivity index (χ2n) is 7.71. The van der Waals surface area contributed by atoms with E-state index in [1.807, 2.05) is 42.2 Å². The third-order valence-corrected chi connectivity index (χ3v) is 5.51. The smallest absolute Gasteiger partial charge is 0.257 e. The van der Waals surface area contributed by atoms with Crippen LogP contribution in [-0.2, 0) is 17.6 Å². The van der Waals surface area contributed by atoms with Gasteiger partial charge in [-0.1, -0.05) is 42.4 Å². The Kier molecular flexibility index (Phi) is 6.65. The fraction of sp³-hybridized carbons (Fsp3) is 0.391. The van der Waals surface area contributed by atoms with Crippen molar-refractivity contribution in [2.45, 2.75) is 32.7 Å². The number of nitrogens with one attached hydrogen (secondary N) is 2. The van der Waals surface area contributed by atoms with Crippen molar-refractivity contribution in [3.8, 4) is 0 Å². The number of H-pyrrole nitrogens is 1. The molecule has 1 fully saturated rings. The van der Waals surface area contributed by atoms with Crippen molar-refractivity contribution in [1.82, 2.24) is 20.4 Å². The zero-order valence-corrected chi connectivity index (χ0v) is 18.3. The van der Waals surface area contributed by atoms with Gasteiger partial charge in [0, 0.05) is 25.6 Å². The largest absolute Gasteiger partial charge is 0.378 e. The van der Waals surface area contributed by atoms with Gasteiger partial charge in [-0.25, -0.2) is 4.98 Å². The summed E-state index contributed by atoms with van der Waals surface area (Å²) in [5, 5.41) is 7.08. The van der Waals surface area contributed by atoms with Crippen molar-refractivity contribution in [3.05, 3.63) is 75.0 Å². The summed E-state index contributed by atoms with van der Waals surface area (Å²) < 4.78 is 10.6. The highest BCUT2D eigenvalue weighted by molar-refractivity contribution is 5.96. The number of hydrogen-bond acceptors (Lipinski definition) is 7. The van der Waals surface area contributed by atoms with Crippen LogP contribution in [0, 0.1) is 6.92 Å². The average molecular weight is 438 g/mol. The van der Waals surface area contributed by atoms with E-state index < -0.39 is 0 Å². The Morgan fingerprint density at radius 2 is 2.00 bits per heavy atom. The maximum absolute atomic E-state index is 13.1. The second-order valence-corrected chi connectivity index (χ2v) is 7.71. The van der Waals surface area contributed by atoms with E-state index in [-0.39, 0.29) is 17.5 Å². The lowest BCUT2D eigenvalue weighted by molar-refractivity contribution is 0.0934. The predicted octanol–water partition coefficient (Wildman–Crippen LogP) is 2.18. The molecule has 0 aliphatic carbocycles. The van der Waals surface area contributed by atoms with Crippen molar-refractivity contribution in [3.63, 3.8) is 0 Å². The van der Waals surface area contributed by atoms with Gasteiger partial charge in [0.15, 0.2) is 0 Å². The molecule has 2 N–H and O–H groups in total. The van der Waals surface area contributed by atoms with Crippen LogP contribution in [0.1, 0.15) is 46.0 Å². The van der Waals surface area contributed by atoms with E-state index in [1.54, 1.807) is 6.92 Å². The van der Waals surface area contributed by atoms with Crippen LogP contribution in [0.2, 0.25) is 0 Å². The van der Waals surface area contributed by atoms with E-state index >= 15 is 0 Å². The first-order valence-corrected chi connectivity index (χ1v) is 10.8. The number of amides is 1. The molecule has 0 unspecified atom stereocenters. The number of benzene rings is 1. The lowest BCUT2D eigenvalue weighted by Crippen LogP contribution is -2.38. The summed E-state index contributed by atoms with van der Waals surface area (Å²) in [6, 6.07) is 10.7. The first kappa shape index (κ1) is 21.8. The molecule has 2 aromatic heterocycles. The summed E-state index contributed by atoms with van der Waals surface area (Å²) in [5.74, 6) is 0.750. The number of ether oxygens (including phenoxy) is 1. The third kappa shape index (κ3) is 4.88. The molecule has 0 bridgehead atoms. The Morgan fingerprint density at radius 1 is 1.25 bits per heavy atom. The minimum absolute atomic E-state index is 0.224. The van der Waals surface area contributed by atoms with Crippen LogP contribution in [0.4, 0.5) is 5.95 Å². The SMILES string of the molecule is CCc1noc(C)c1C(=O)N[C@H](Cc1cc(=O)[nH]c(N2CCOCC2)n1)c1ccccc1. The predicted molar refractivity (Wildman–Crippen MR) is 119 cm³/mol. The summed E-state index contributed by atoms with van der Waals surface area (Å²) in [6.45, 7) is 6.17. The molecule has 4 rings (SSSR count). The Morgan fingerprint density at radius 3 is 2.72 bits per heavy atom. The Labute approximate surface area is 185 Å². The van der Waals surface area contributed by atoms with E-state index in [0.717, 1.165) is 5.56 Å². The van der Waals surface area contributed by atoms with Gasteiger partial charge in [-0.05, 0) is 18.9 Å². The number of aromatic amines is 1. The first-order chi connectivity index (χ1) is 15.5. The van der Waals surface area contributed by atoms with Crippen molar-refractivity contribution in [2.75, 3.05) is 31.2 Å². The monoisotopic (exact) mass is 437 g/mol. The second kappa shape index (κ2) is 9.78. The zero-order chi connectivity index (χ0) is 22.5. The number of nitrogens with zero attached hydrogens (tertiary/aromatic N) is 3. The van der Waals surface area contributed by atoms with E-state index in [2.05, 4.69) is 20.4 Å². The number of hydrogen-bond donors (Lipinski definition) is 2. The van der Waals surface area contributed by atoms with Gasteiger partial charge >= 0.3 is 0 Å². The average Bonchev–Trinajstić information content (AvgIpc) is 3.20. The molecule has 1 aliphatic rings. The standard InChI is InChI=1S/C23H27N5O4/c1-3-18-21(15(2)32-27-18)22(30)25-19(16-7-5-4-6-8-16)13-17-14-20(29)26-23(24-17)28-9-11-31-12-10-28/h4-8,14,19H,3,9-13H2,1-2H3,(H,25,30)(H,24,26,29)/t19-/m1/s1. The van der Waals surface area contributed by atoms with Crippen LogP contribution in [0.25, 0.3) is 0 Å². The fourth-order valence-electron chi connectivity index (χ4n) is 3.85. The first-order valence-electron chi connectivity index (χ1n) is 10.8. The van der Waals surface area contributed by atoms with Crippen LogP contribution >= 0.6 is 0 Å². The number of rotatable bonds is 7. The summed E-state index contributed by atoms with van der Waals surface area (Å²) in [6.07, 6.45) is 0.956. The Hall–Kier alpha value is -3.46. The maximum atomic E-state index is 13.1. The molecule has 9 heteroatoms. The highest BCUT2D eigenvalue weighted by Gasteiger charge is 2.24. The van der Waals surface area contributed by atoms with Gasteiger partial charge < -0.3 is 19.5 Å². The topological polar surface area (TPSA) is 113 Å². The highest BCUT2D eigenvalue weighted by Crippen LogP contribution is 2.21. The van der Waals surface area contributed by atoms with Crippen molar-refractivity contribution in [1.29, 1.82) is 0 Å². The van der Waals surface area contributed by atoms with Gasteiger partial charge in [0.2, 0.25) is 5.95 Å². The summed E-state index contributed by atoms with van der Waals surface area (Å²) in [4.78, 5) is 35.0. The van der Waals surface area contributed by atoms with E-state index in [0.29, 0.717) is 67.8 Å². The Balaban J connectivity index is 1.62. The summed E-state index contributed by atoms with van der Waals surface area (Å²) >= 11 is 0. The fourth-order valence-corrected chi connectivity index (χ4v) is 3.85. The molecule has 1 atom stereocenters. The molecular formula is C23H27N5O4. The zero-order valence-electron chi connectivity index (χ0n) is 18.3. The van der Waals surface area contributed by atoms with Gasteiger partial charge in [-0.15, -0.1) is 0 Å². The lowest BCUT2D eigenvalue weighted by Gasteiger charge is -2.27. The number of aryl methyl sites for hydroxylation is 2. The van der Waals surface area contributed by atoms with Gasteiger partial charge in [-0.3, -0.25) is 14.6 Å². The van der Waals surface area contributed by atoms with Crippen molar-refractivity contribution >= 4 is 11.9 Å². The van der Waals surface area contributed by atoms with Gasteiger partial charge in [0.1, 0.15) is 11.3 Å². The molecule has 0 saturated carbocycles. The van der Waals surface area contributed by atoms with Crippen LogP contribution in [0.3, 0.4) is 0 Å². The number of morpholine rings is 1. The molecular weight excluding hydrogens is 410 g/mol. The number of carbonyl (C=O) groups excluding carboxylic acids is 1. The lowest BCUT2D eigenvalue weighted by atomic mass is 10.0. The summed E-state index contributed by atoms with van der Waals surface area (Å²) in [7, 11) is 0. The molecule has 1 aromatic carbocycles. The quantitative estimate of drug-likeness (QED) is 0.582. The van der Waals surface area contributed by atoms with Gasteiger partial charge in [0.05, 0.1) is 30.6 Å². The minimum atomic E-state index is -0.380. The molecule has 1 amide bonds. The highest BCUT2D eigenvalue weighted by atomic mass is 16.5. The molecule has 1 saturated heterocycles. The maximum Gasteiger partial charge on any atom is 0.257 e. The van der Waals surface area contributed by atoms with E-state index in [9.17, 15) is 9.59 Å². The van der Waals surface area contributed by atoms with Crippen molar-refractivity contribution in [2.24, 2.45) is 0 Å². The molecule has 3 aromatic rings. The van der Waals surface area contributed by atoms with E-state index in [1.165, 1.54) is 6.07 Å². The van der Waals surface area contributed by atoms with Crippen LogP contribution in [-0.4, -0.2) is 47.3 Å². The van der Waals surface area contributed by atoms with Gasteiger partial charge in [0.25, 0.3) is 11.5 Å². The molecule has 9 nitrogen and oxygen atoms in total. The van der Waals surface area contributed by atoms with Gasteiger partial charge in [-0.2, -0.15) is 0 Å². The minimum Gasteiger partial charge on any atom is -0.378 e. The molecule has 0 radical (unpaired) electrons. The number of carbonyl (C=O) groups is 1. The van der Waals surface area contributed by atoms with Crippen LogP contribution in [0.15, 0.2) is 45.7 Å². The van der Waals surface area contributed by atoms with E-state index in [4.69, 9.17) is 9.26 Å².